The number of benzene rings is 2. The first-order valence-electron chi connectivity index (χ1n) is 9.83. The predicted molar refractivity (Wildman–Crippen MR) is 105 cm³/mol. The molecule has 0 aromatic heterocycles. The van der Waals surface area contributed by atoms with Gasteiger partial charge in [-0.3, -0.25) is 0 Å². The monoisotopic (exact) mass is 339 g/mol. The number of hydrogen-bond donors (Lipinski definition) is 0. The first kappa shape index (κ1) is 18.0. The van der Waals surface area contributed by atoms with Crippen molar-refractivity contribution in [1.82, 2.24) is 0 Å². The number of halogens is 1. The van der Waals surface area contributed by atoms with Crippen molar-refractivity contribution < 1.29 is 4.39 Å². The highest BCUT2D eigenvalue weighted by atomic mass is 19.1. The third-order valence-corrected chi connectivity index (χ3v) is 5.42. The van der Waals surface area contributed by atoms with Crippen molar-refractivity contribution in [1.29, 1.82) is 0 Å². The molecule has 0 unspecified atom stereocenters. The molecule has 1 atom stereocenters. The lowest BCUT2D eigenvalue weighted by Gasteiger charge is -2.26. The SMILES string of the molecule is CCCC[C@@H](CCCc1ccc(F)cc1)CN1CCc2ccccc21. The molecule has 0 radical (unpaired) electrons. The van der Waals surface area contributed by atoms with E-state index >= 15 is 0 Å². The van der Waals surface area contributed by atoms with Crippen LogP contribution in [0, 0.1) is 11.7 Å². The summed E-state index contributed by atoms with van der Waals surface area (Å²) in [6, 6.07) is 15.9. The van der Waals surface area contributed by atoms with E-state index in [0.29, 0.717) is 0 Å². The van der Waals surface area contributed by atoms with E-state index in [9.17, 15) is 4.39 Å². The fraction of sp³-hybridized carbons (Fsp3) is 0.478. The molecular formula is C23H30FN. The Bertz CT molecular complexity index is 649. The van der Waals surface area contributed by atoms with Gasteiger partial charge < -0.3 is 4.90 Å². The summed E-state index contributed by atoms with van der Waals surface area (Å²) in [4.78, 5) is 2.59. The molecule has 0 amide bonds. The van der Waals surface area contributed by atoms with Crippen molar-refractivity contribution >= 4 is 5.69 Å². The second-order valence-corrected chi connectivity index (χ2v) is 7.35. The Balaban J connectivity index is 1.53. The van der Waals surface area contributed by atoms with Crippen molar-refractivity contribution in [3.63, 3.8) is 0 Å². The molecule has 0 aliphatic carbocycles. The lowest BCUT2D eigenvalue weighted by Crippen LogP contribution is -2.28. The van der Waals surface area contributed by atoms with Crippen LogP contribution in [0.25, 0.3) is 0 Å². The van der Waals surface area contributed by atoms with Crippen LogP contribution in [0.1, 0.15) is 50.2 Å². The third-order valence-electron chi connectivity index (χ3n) is 5.42. The topological polar surface area (TPSA) is 3.24 Å². The summed E-state index contributed by atoms with van der Waals surface area (Å²) < 4.78 is 13.0. The summed E-state index contributed by atoms with van der Waals surface area (Å²) in [6.45, 7) is 4.63. The molecule has 1 aliphatic rings. The lowest BCUT2D eigenvalue weighted by atomic mass is 9.94. The van der Waals surface area contributed by atoms with E-state index in [2.05, 4.69) is 36.1 Å². The number of anilines is 1. The van der Waals surface area contributed by atoms with Crippen molar-refractivity contribution in [3.8, 4) is 0 Å². The minimum Gasteiger partial charge on any atom is -0.371 e. The van der Waals surface area contributed by atoms with Crippen molar-refractivity contribution in [2.75, 3.05) is 18.0 Å². The molecule has 134 valence electrons. The second kappa shape index (κ2) is 9.03. The first-order valence-corrected chi connectivity index (χ1v) is 9.83. The van der Waals surface area contributed by atoms with Crippen molar-refractivity contribution in [2.45, 2.75) is 51.9 Å². The molecule has 1 heterocycles. The molecule has 0 saturated heterocycles. The van der Waals surface area contributed by atoms with Crippen LogP contribution in [-0.4, -0.2) is 13.1 Å². The van der Waals surface area contributed by atoms with Crippen LogP contribution < -0.4 is 4.90 Å². The van der Waals surface area contributed by atoms with Gasteiger partial charge in [0.15, 0.2) is 0 Å². The Labute approximate surface area is 151 Å². The van der Waals surface area contributed by atoms with Crippen LogP contribution >= 0.6 is 0 Å². The van der Waals surface area contributed by atoms with E-state index in [1.54, 1.807) is 12.1 Å². The highest BCUT2D eigenvalue weighted by molar-refractivity contribution is 5.57. The molecule has 2 aromatic carbocycles. The molecule has 0 spiro atoms. The summed E-state index contributed by atoms with van der Waals surface area (Å²) in [7, 11) is 0. The van der Waals surface area contributed by atoms with Crippen LogP contribution in [-0.2, 0) is 12.8 Å². The maximum Gasteiger partial charge on any atom is 0.123 e. The zero-order chi connectivity index (χ0) is 17.5. The van der Waals surface area contributed by atoms with Crippen LogP contribution in [0.4, 0.5) is 10.1 Å². The minimum absolute atomic E-state index is 0.141. The summed E-state index contributed by atoms with van der Waals surface area (Å²) >= 11 is 0. The van der Waals surface area contributed by atoms with Gasteiger partial charge in [-0.2, -0.15) is 0 Å². The summed E-state index contributed by atoms with van der Waals surface area (Å²) in [5, 5.41) is 0. The smallest absolute Gasteiger partial charge is 0.123 e. The zero-order valence-corrected chi connectivity index (χ0v) is 15.4. The fourth-order valence-electron chi connectivity index (χ4n) is 3.97. The third kappa shape index (κ3) is 5.07. The molecule has 0 saturated carbocycles. The Morgan fingerprint density at radius 3 is 2.56 bits per heavy atom. The highest BCUT2D eigenvalue weighted by Gasteiger charge is 2.21. The standard InChI is InChI=1S/C23H30FN/c1-2-3-7-20(9-6-8-19-12-14-22(24)15-13-19)18-25-17-16-21-10-4-5-11-23(21)25/h4-5,10-15,20H,2-3,6-9,16-18H2,1H3/t20-/m0/s1. The van der Waals surface area contributed by atoms with Gasteiger partial charge in [-0.15, -0.1) is 0 Å². The van der Waals surface area contributed by atoms with E-state index in [1.807, 2.05) is 12.1 Å². The first-order chi connectivity index (χ1) is 12.3. The normalized spacial score (nSPS) is 14.6. The molecule has 0 bridgehead atoms. The van der Waals surface area contributed by atoms with E-state index < -0.39 is 0 Å². The largest absolute Gasteiger partial charge is 0.371 e. The van der Waals surface area contributed by atoms with Crippen molar-refractivity contribution in [2.24, 2.45) is 5.92 Å². The minimum atomic E-state index is -0.141. The Morgan fingerprint density at radius 1 is 1.00 bits per heavy atom. The Hall–Kier alpha value is -1.83. The molecular weight excluding hydrogens is 309 g/mol. The highest BCUT2D eigenvalue weighted by Crippen LogP contribution is 2.30. The van der Waals surface area contributed by atoms with E-state index in [-0.39, 0.29) is 5.82 Å². The van der Waals surface area contributed by atoms with Crippen LogP contribution in [0.15, 0.2) is 48.5 Å². The number of nitrogens with zero attached hydrogens (tertiary/aromatic N) is 1. The van der Waals surface area contributed by atoms with Gasteiger partial charge in [0.25, 0.3) is 0 Å². The van der Waals surface area contributed by atoms with Gasteiger partial charge in [-0.05, 0) is 67.3 Å². The van der Waals surface area contributed by atoms with Gasteiger partial charge in [0.1, 0.15) is 5.82 Å². The van der Waals surface area contributed by atoms with Gasteiger partial charge in [0.2, 0.25) is 0 Å². The molecule has 3 rings (SSSR count). The van der Waals surface area contributed by atoms with Crippen LogP contribution in [0.5, 0.6) is 0 Å². The molecule has 1 aliphatic heterocycles. The summed E-state index contributed by atoms with van der Waals surface area (Å²) in [5.41, 5.74) is 4.20. The van der Waals surface area contributed by atoms with Gasteiger partial charge in [-0.25, -0.2) is 4.39 Å². The predicted octanol–water partition coefficient (Wildman–Crippen LogP) is 6.02. The van der Waals surface area contributed by atoms with Gasteiger partial charge >= 0.3 is 0 Å². The van der Waals surface area contributed by atoms with Gasteiger partial charge in [0, 0.05) is 18.8 Å². The Kier molecular flexibility index (Phi) is 6.49. The number of rotatable bonds is 9. The molecule has 0 N–H and O–H groups in total. The number of para-hydroxylation sites is 1. The van der Waals surface area contributed by atoms with E-state index in [0.717, 1.165) is 12.3 Å². The maximum atomic E-state index is 13.0. The average molecular weight is 339 g/mol. The summed E-state index contributed by atoms with van der Waals surface area (Å²) in [5.74, 6) is 0.615. The van der Waals surface area contributed by atoms with Gasteiger partial charge in [0.05, 0.1) is 0 Å². The molecule has 1 nitrogen and oxygen atoms in total. The average Bonchev–Trinajstić information content (AvgIpc) is 3.04. The second-order valence-electron chi connectivity index (χ2n) is 7.35. The summed E-state index contributed by atoms with van der Waals surface area (Å²) in [6.07, 6.45) is 8.59. The van der Waals surface area contributed by atoms with Crippen LogP contribution in [0.2, 0.25) is 0 Å². The van der Waals surface area contributed by atoms with Crippen molar-refractivity contribution in [3.05, 3.63) is 65.5 Å². The van der Waals surface area contributed by atoms with Crippen LogP contribution in [0.3, 0.4) is 0 Å². The molecule has 2 aromatic rings. The fourth-order valence-corrected chi connectivity index (χ4v) is 3.97. The maximum absolute atomic E-state index is 13.0. The zero-order valence-electron chi connectivity index (χ0n) is 15.4. The number of fused-ring (bicyclic) bond motifs is 1. The number of unbranched alkanes of at least 4 members (excludes halogenated alkanes) is 1. The van der Waals surface area contributed by atoms with Gasteiger partial charge in [-0.1, -0.05) is 50.1 Å². The molecule has 0 fully saturated rings. The quantitative estimate of drug-likeness (QED) is 0.540. The Morgan fingerprint density at radius 2 is 1.76 bits per heavy atom. The van der Waals surface area contributed by atoms with E-state index in [1.165, 1.54) is 68.4 Å². The van der Waals surface area contributed by atoms with E-state index in [4.69, 9.17) is 0 Å². The lowest BCUT2D eigenvalue weighted by molar-refractivity contribution is 0.421. The molecule has 25 heavy (non-hydrogen) atoms. The number of aryl methyl sites for hydroxylation is 1. The molecule has 2 heteroatoms. The number of hydrogen-bond acceptors (Lipinski definition) is 1.